The van der Waals surface area contributed by atoms with Gasteiger partial charge in [-0.15, -0.1) is 13.2 Å². The molecule has 2 aliphatic heterocycles. The Morgan fingerprint density at radius 1 is 0.840 bits per heavy atom. The highest BCUT2D eigenvalue weighted by Crippen LogP contribution is 2.30. The van der Waals surface area contributed by atoms with Gasteiger partial charge < -0.3 is 9.80 Å². The van der Waals surface area contributed by atoms with E-state index in [2.05, 4.69) is 36.8 Å². The van der Waals surface area contributed by atoms with Crippen LogP contribution in [0, 0.1) is 17.8 Å². The minimum Gasteiger partial charge on any atom is -0.342 e. The van der Waals surface area contributed by atoms with Gasteiger partial charge in [0.05, 0.1) is 0 Å². The van der Waals surface area contributed by atoms with Crippen LogP contribution in [0.25, 0.3) is 0 Å². The summed E-state index contributed by atoms with van der Waals surface area (Å²) in [6, 6.07) is 0.821. The zero-order valence-corrected chi connectivity index (χ0v) is 16.7. The summed E-state index contributed by atoms with van der Waals surface area (Å²) < 4.78 is 0. The number of nitrogens with zero attached hydrogens (tertiary/aromatic N) is 2. The van der Waals surface area contributed by atoms with Gasteiger partial charge in [-0.25, -0.2) is 0 Å². The maximum atomic E-state index is 12.8. The molecule has 0 aromatic rings. The van der Waals surface area contributed by atoms with Gasteiger partial charge >= 0.3 is 0 Å². The second-order valence-corrected chi connectivity index (χ2v) is 8.51. The van der Waals surface area contributed by atoms with Gasteiger partial charge in [0.1, 0.15) is 0 Å². The molecule has 3 fully saturated rings. The Bertz CT molecular complexity index is 387. The van der Waals surface area contributed by atoms with Crippen LogP contribution in [0.1, 0.15) is 71.6 Å². The Morgan fingerprint density at radius 2 is 1.40 bits per heavy atom. The molecule has 25 heavy (non-hydrogen) atoms. The maximum absolute atomic E-state index is 12.8. The van der Waals surface area contributed by atoms with Crippen molar-refractivity contribution in [2.24, 2.45) is 17.8 Å². The Labute approximate surface area is 155 Å². The molecule has 0 bridgehead atoms. The van der Waals surface area contributed by atoms with Crippen molar-refractivity contribution in [3.63, 3.8) is 0 Å². The summed E-state index contributed by atoms with van der Waals surface area (Å²) in [4.78, 5) is 17.7. The lowest BCUT2D eigenvalue weighted by atomic mass is 9.85. The fourth-order valence-corrected chi connectivity index (χ4v) is 5.00. The Kier molecular flexibility index (Phi) is 8.48. The van der Waals surface area contributed by atoms with Crippen molar-refractivity contribution in [2.45, 2.75) is 77.7 Å². The molecule has 144 valence electrons. The second-order valence-electron chi connectivity index (χ2n) is 8.51. The topological polar surface area (TPSA) is 23.6 Å². The zero-order valence-electron chi connectivity index (χ0n) is 16.7. The Balaban J connectivity index is 0.00000109. The van der Waals surface area contributed by atoms with E-state index in [-0.39, 0.29) is 0 Å². The summed E-state index contributed by atoms with van der Waals surface area (Å²) in [5.41, 5.74) is 0. The SMILES string of the molecule is C=C.CC(C)C1CCN(C(=O)C2CCN(C3CCCCC3)CC2)CC1. The normalized spacial score (nSPS) is 24.8. The molecule has 3 rings (SSSR count). The number of amides is 1. The number of hydrogen-bond acceptors (Lipinski definition) is 2. The van der Waals surface area contributed by atoms with E-state index in [4.69, 9.17) is 0 Å². The average Bonchev–Trinajstić information content (AvgIpc) is 2.70. The molecule has 0 spiro atoms. The first-order valence-electron chi connectivity index (χ1n) is 10.7. The lowest BCUT2D eigenvalue weighted by Gasteiger charge is -2.41. The molecule has 0 aromatic carbocycles. The number of carbonyl (C=O) groups excluding carboxylic acids is 1. The quantitative estimate of drug-likeness (QED) is 0.689. The van der Waals surface area contributed by atoms with Crippen molar-refractivity contribution < 1.29 is 4.79 Å². The summed E-state index contributed by atoms with van der Waals surface area (Å²) in [6.45, 7) is 15.0. The summed E-state index contributed by atoms with van der Waals surface area (Å²) in [6.07, 6.45) is 11.6. The molecule has 0 atom stereocenters. The minimum absolute atomic E-state index is 0.311. The minimum atomic E-state index is 0.311. The number of rotatable bonds is 3. The predicted octanol–water partition coefficient (Wildman–Crippen LogP) is 4.73. The fraction of sp³-hybridized carbons (Fsp3) is 0.864. The first kappa shape index (κ1) is 20.5. The van der Waals surface area contributed by atoms with Crippen LogP contribution in [-0.4, -0.2) is 47.9 Å². The number of carbonyl (C=O) groups is 1. The van der Waals surface area contributed by atoms with E-state index in [1.54, 1.807) is 0 Å². The van der Waals surface area contributed by atoms with Gasteiger partial charge in [-0.3, -0.25) is 4.79 Å². The predicted molar refractivity (Wildman–Crippen MR) is 107 cm³/mol. The monoisotopic (exact) mass is 348 g/mol. The molecule has 3 heteroatoms. The van der Waals surface area contributed by atoms with Crippen LogP contribution in [0.15, 0.2) is 13.2 Å². The molecule has 0 radical (unpaired) electrons. The van der Waals surface area contributed by atoms with Crippen molar-refractivity contribution in [2.75, 3.05) is 26.2 Å². The third-order valence-electron chi connectivity index (χ3n) is 6.76. The zero-order chi connectivity index (χ0) is 18.2. The van der Waals surface area contributed by atoms with Gasteiger partial charge in [0.15, 0.2) is 0 Å². The second kappa shape index (κ2) is 10.4. The Hall–Kier alpha value is -0.830. The molecule has 2 heterocycles. The maximum Gasteiger partial charge on any atom is 0.225 e. The van der Waals surface area contributed by atoms with Crippen molar-refractivity contribution in [1.82, 2.24) is 9.80 Å². The van der Waals surface area contributed by atoms with Crippen molar-refractivity contribution >= 4 is 5.91 Å². The van der Waals surface area contributed by atoms with Crippen LogP contribution in [-0.2, 0) is 4.79 Å². The van der Waals surface area contributed by atoms with Crippen LogP contribution < -0.4 is 0 Å². The lowest BCUT2D eigenvalue weighted by molar-refractivity contribution is -0.139. The molecule has 3 aliphatic rings. The Morgan fingerprint density at radius 3 is 1.92 bits per heavy atom. The van der Waals surface area contributed by atoms with Gasteiger partial charge in [0.2, 0.25) is 5.91 Å². The molecule has 0 unspecified atom stereocenters. The molecule has 1 aliphatic carbocycles. The third-order valence-corrected chi connectivity index (χ3v) is 6.76. The number of hydrogen-bond donors (Lipinski definition) is 0. The highest BCUT2D eigenvalue weighted by atomic mass is 16.2. The number of piperidine rings is 2. The number of likely N-dealkylation sites (tertiary alicyclic amines) is 2. The van der Waals surface area contributed by atoms with Gasteiger partial charge in [0, 0.05) is 25.0 Å². The highest BCUT2D eigenvalue weighted by Gasteiger charge is 2.33. The van der Waals surface area contributed by atoms with E-state index in [1.807, 2.05) is 0 Å². The van der Waals surface area contributed by atoms with Crippen LogP contribution in [0.3, 0.4) is 0 Å². The summed E-state index contributed by atoms with van der Waals surface area (Å²) >= 11 is 0. The lowest BCUT2D eigenvalue weighted by Crippen LogP contribution is -2.48. The van der Waals surface area contributed by atoms with E-state index in [0.717, 1.165) is 56.9 Å². The molecule has 0 N–H and O–H groups in total. The summed E-state index contributed by atoms with van der Waals surface area (Å²) in [7, 11) is 0. The highest BCUT2D eigenvalue weighted by molar-refractivity contribution is 5.79. The first-order valence-corrected chi connectivity index (χ1v) is 10.7. The summed E-state index contributed by atoms with van der Waals surface area (Å²) in [5.74, 6) is 2.37. The molecular formula is C22H40N2O. The van der Waals surface area contributed by atoms with Crippen LogP contribution in [0.5, 0.6) is 0 Å². The standard InChI is InChI=1S/C20H36N2O.C2H4/c1-16(2)17-8-14-22(15-9-17)20(23)18-10-12-21(13-11-18)19-6-4-3-5-7-19;1-2/h16-19H,3-15H2,1-2H3;1-2H2. The third kappa shape index (κ3) is 5.57. The van der Waals surface area contributed by atoms with Gasteiger partial charge in [0.25, 0.3) is 0 Å². The molecule has 2 saturated heterocycles. The van der Waals surface area contributed by atoms with Gasteiger partial charge in [-0.1, -0.05) is 33.1 Å². The average molecular weight is 349 g/mol. The smallest absolute Gasteiger partial charge is 0.225 e. The van der Waals surface area contributed by atoms with Gasteiger partial charge in [-0.2, -0.15) is 0 Å². The van der Waals surface area contributed by atoms with Crippen molar-refractivity contribution in [3.05, 3.63) is 13.2 Å². The molecular weight excluding hydrogens is 308 g/mol. The molecule has 0 aromatic heterocycles. The van der Waals surface area contributed by atoms with Crippen LogP contribution in [0.2, 0.25) is 0 Å². The molecule has 1 saturated carbocycles. The van der Waals surface area contributed by atoms with Crippen molar-refractivity contribution in [3.8, 4) is 0 Å². The van der Waals surface area contributed by atoms with Crippen LogP contribution in [0.4, 0.5) is 0 Å². The molecule has 1 amide bonds. The summed E-state index contributed by atoms with van der Waals surface area (Å²) in [5, 5.41) is 0. The largest absolute Gasteiger partial charge is 0.342 e. The first-order chi connectivity index (χ1) is 12.1. The van der Waals surface area contributed by atoms with Gasteiger partial charge in [-0.05, 0) is 63.5 Å². The van der Waals surface area contributed by atoms with Crippen LogP contribution >= 0.6 is 0 Å². The van der Waals surface area contributed by atoms with E-state index >= 15 is 0 Å². The van der Waals surface area contributed by atoms with Crippen molar-refractivity contribution in [1.29, 1.82) is 0 Å². The van der Waals surface area contributed by atoms with E-state index < -0.39 is 0 Å². The van der Waals surface area contributed by atoms with E-state index in [9.17, 15) is 4.79 Å². The fourth-order valence-electron chi connectivity index (χ4n) is 5.00. The van der Waals surface area contributed by atoms with E-state index in [0.29, 0.717) is 11.8 Å². The van der Waals surface area contributed by atoms with E-state index in [1.165, 1.54) is 44.9 Å². The molecule has 3 nitrogen and oxygen atoms in total.